The van der Waals surface area contributed by atoms with Crippen LogP contribution in [0.3, 0.4) is 0 Å². The highest BCUT2D eigenvalue weighted by Gasteiger charge is 2.41. The molecule has 3 heterocycles. The summed E-state index contributed by atoms with van der Waals surface area (Å²) >= 11 is 0. The van der Waals surface area contributed by atoms with Gasteiger partial charge in [0, 0.05) is 6.54 Å². The molecule has 0 aliphatic carbocycles. The summed E-state index contributed by atoms with van der Waals surface area (Å²) in [4.78, 5) is 13.9. The van der Waals surface area contributed by atoms with Crippen molar-refractivity contribution in [2.45, 2.75) is 25.4 Å². The van der Waals surface area contributed by atoms with Gasteiger partial charge in [-0.05, 0) is 5.56 Å². The van der Waals surface area contributed by atoms with Crippen LogP contribution < -0.4 is 0 Å². The van der Waals surface area contributed by atoms with E-state index in [0.29, 0.717) is 19.7 Å². The average Bonchev–Trinajstić information content (AvgIpc) is 3.19. The zero-order chi connectivity index (χ0) is 14.9. The molecule has 0 unspecified atom stereocenters. The number of fused-ring (bicyclic) bond motifs is 3. The first kappa shape index (κ1) is 13.3. The Hall–Kier alpha value is -2.41. The summed E-state index contributed by atoms with van der Waals surface area (Å²) in [5, 5.41) is 8.00. The van der Waals surface area contributed by atoms with E-state index < -0.39 is 0 Å². The molecule has 0 radical (unpaired) electrons. The fourth-order valence-corrected chi connectivity index (χ4v) is 2.95. The molecule has 4 rings (SSSR count). The number of hydrogen-bond donors (Lipinski definition) is 0. The predicted octanol–water partition coefficient (Wildman–Crippen LogP) is 1.37. The molecular formula is C15H16N4O3. The van der Waals surface area contributed by atoms with Crippen molar-refractivity contribution in [3.05, 3.63) is 47.8 Å². The van der Waals surface area contributed by atoms with Gasteiger partial charge in [0.1, 0.15) is 6.61 Å². The molecule has 7 nitrogen and oxygen atoms in total. The SMILES string of the molecule is O=C(OCc1ccccc1)N1C[C@@H]2[C@@H](C1)OCc1cnnn12. The van der Waals surface area contributed by atoms with Crippen molar-refractivity contribution in [2.75, 3.05) is 13.1 Å². The number of benzene rings is 1. The van der Waals surface area contributed by atoms with Crippen LogP contribution in [0.2, 0.25) is 0 Å². The fourth-order valence-electron chi connectivity index (χ4n) is 2.95. The van der Waals surface area contributed by atoms with E-state index in [2.05, 4.69) is 10.3 Å². The van der Waals surface area contributed by atoms with Gasteiger partial charge in [-0.3, -0.25) is 0 Å². The molecule has 2 aliphatic rings. The van der Waals surface area contributed by atoms with Gasteiger partial charge < -0.3 is 14.4 Å². The van der Waals surface area contributed by atoms with Crippen LogP contribution in [0.5, 0.6) is 0 Å². The number of likely N-dealkylation sites (tertiary alicyclic amines) is 1. The van der Waals surface area contributed by atoms with Crippen LogP contribution in [-0.4, -0.2) is 45.2 Å². The van der Waals surface area contributed by atoms with Gasteiger partial charge in [-0.1, -0.05) is 35.5 Å². The molecule has 114 valence electrons. The minimum atomic E-state index is -0.316. The van der Waals surface area contributed by atoms with E-state index in [-0.39, 0.29) is 24.8 Å². The highest BCUT2D eigenvalue weighted by molar-refractivity contribution is 5.68. The van der Waals surface area contributed by atoms with Gasteiger partial charge in [-0.25, -0.2) is 9.48 Å². The van der Waals surface area contributed by atoms with Crippen molar-refractivity contribution in [1.29, 1.82) is 0 Å². The van der Waals surface area contributed by atoms with Crippen LogP contribution in [0.15, 0.2) is 36.5 Å². The Morgan fingerprint density at radius 2 is 2.18 bits per heavy atom. The molecule has 1 fully saturated rings. The van der Waals surface area contributed by atoms with Crippen molar-refractivity contribution in [3.63, 3.8) is 0 Å². The van der Waals surface area contributed by atoms with E-state index in [9.17, 15) is 4.79 Å². The lowest BCUT2D eigenvalue weighted by Gasteiger charge is -2.25. The lowest BCUT2D eigenvalue weighted by atomic mass is 10.2. The van der Waals surface area contributed by atoms with Crippen LogP contribution in [-0.2, 0) is 22.7 Å². The highest BCUT2D eigenvalue weighted by Crippen LogP contribution is 2.30. The first-order chi connectivity index (χ1) is 10.8. The number of aromatic nitrogens is 3. The summed E-state index contributed by atoms with van der Waals surface area (Å²) < 4.78 is 13.0. The third kappa shape index (κ3) is 2.33. The smallest absolute Gasteiger partial charge is 0.410 e. The van der Waals surface area contributed by atoms with E-state index in [1.54, 1.807) is 11.1 Å². The van der Waals surface area contributed by atoms with Crippen molar-refractivity contribution < 1.29 is 14.3 Å². The summed E-state index contributed by atoms with van der Waals surface area (Å²) in [7, 11) is 0. The van der Waals surface area contributed by atoms with Crippen molar-refractivity contribution in [1.82, 2.24) is 19.9 Å². The predicted molar refractivity (Wildman–Crippen MR) is 75.8 cm³/mol. The fraction of sp³-hybridized carbons (Fsp3) is 0.400. The molecule has 2 aromatic rings. The van der Waals surface area contributed by atoms with E-state index in [4.69, 9.17) is 9.47 Å². The second kappa shape index (κ2) is 5.42. The maximum absolute atomic E-state index is 12.2. The molecule has 1 saturated heterocycles. The van der Waals surface area contributed by atoms with Crippen molar-refractivity contribution in [3.8, 4) is 0 Å². The van der Waals surface area contributed by atoms with Gasteiger partial charge >= 0.3 is 6.09 Å². The molecule has 0 bridgehead atoms. The molecule has 2 aliphatic heterocycles. The Morgan fingerprint density at radius 1 is 1.32 bits per heavy atom. The second-order valence-corrected chi connectivity index (χ2v) is 5.53. The van der Waals surface area contributed by atoms with Gasteiger partial charge in [0.2, 0.25) is 0 Å². The Kier molecular flexibility index (Phi) is 3.27. The van der Waals surface area contributed by atoms with E-state index >= 15 is 0 Å². The van der Waals surface area contributed by atoms with E-state index in [1.807, 2.05) is 35.0 Å². The number of rotatable bonds is 2. The Labute approximate surface area is 127 Å². The minimum absolute atomic E-state index is 0.0236. The standard InChI is InChI=1S/C15H16N4O3/c20-15(22-9-11-4-2-1-3-5-11)18-7-13-14(8-18)21-10-12-6-16-17-19(12)13/h1-6,13-14H,7-10H2/t13-,14-/m1/s1. The first-order valence-corrected chi connectivity index (χ1v) is 7.27. The molecule has 22 heavy (non-hydrogen) atoms. The summed E-state index contributed by atoms with van der Waals surface area (Å²) in [5.74, 6) is 0. The van der Waals surface area contributed by atoms with Crippen LogP contribution >= 0.6 is 0 Å². The summed E-state index contributed by atoms with van der Waals surface area (Å²) in [6, 6.07) is 9.67. The number of carbonyl (C=O) groups is 1. The zero-order valence-corrected chi connectivity index (χ0v) is 12.0. The molecule has 1 amide bonds. The molecule has 7 heteroatoms. The van der Waals surface area contributed by atoms with Crippen molar-refractivity contribution in [2.24, 2.45) is 0 Å². The van der Waals surface area contributed by atoms with Crippen LogP contribution in [0.4, 0.5) is 4.79 Å². The topological polar surface area (TPSA) is 69.5 Å². The minimum Gasteiger partial charge on any atom is -0.445 e. The molecule has 1 aromatic heterocycles. The van der Waals surface area contributed by atoms with E-state index in [0.717, 1.165) is 11.3 Å². The third-order valence-electron chi connectivity index (χ3n) is 4.11. The molecule has 0 saturated carbocycles. The number of ether oxygens (including phenoxy) is 2. The Balaban J connectivity index is 1.40. The number of hydrogen-bond acceptors (Lipinski definition) is 5. The molecule has 2 atom stereocenters. The van der Waals surface area contributed by atoms with Gasteiger partial charge in [0.25, 0.3) is 0 Å². The summed E-state index contributed by atoms with van der Waals surface area (Å²) in [5.41, 5.74) is 1.92. The van der Waals surface area contributed by atoms with Gasteiger partial charge in [0.05, 0.1) is 37.2 Å². The monoisotopic (exact) mass is 300 g/mol. The third-order valence-corrected chi connectivity index (χ3v) is 4.11. The lowest BCUT2D eigenvalue weighted by molar-refractivity contribution is -0.00526. The average molecular weight is 300 g/mol. The first-order valence-electron chi connectivity index (χ1n) is 7.27. The second-order valence-electron chi connectivity index (χ2n) is 5.53. The Morgan fingerprint density at radius 3 is 3.05 bits per heavy atom. The van der Waals surface area contributed by atoms with Crippen LogP contribution in [0, 0.1) is 0 Å². The Bertz CT molecular complexity index is 672. The van der Waals surface area contributed by atoms with Crippen LogP contribution in [0.1, 0.15) is 17.3 Å². The largest absolute Gasteiger partial charge is 0.445 e. The normalized spacial score (nSPS) is 23.0. The molecular weight excluding hydrogens is 284 g/mol. The highest BCUT2D eigenvalue weighted by atomic mass is 16.6. The quantitative estimate of drug-likeness (QED) is 0.838. The maximum Gasteiger partial charge on any atom is 0.410 e. The van der Waals surface area contributed by atoms with Gasteiger partial charge in [-0.15, -0.1) is 5.10 Å². The van der Waals surface area contributed by atoms with Crippen molar-refractivity contribution >= 4 is 6.09 Å². The van der Waals surface area contributed by atoms with Gasteiger partial charge in [0.15, 0.2) is 0 Å². The number of carbonyl (C=O) groups excluding carboxylic acids is 1. The zero-order valence-electron chi connectivity index (χ0n) is 12.0. The van der Waals surface area contributed by atoms with E-state index in [1.165, 1.54) is 0 Å². The number of nitrogens with zero attached hydrogens (tertiary/aromatic N) is 4. The lowest BCUT2D eigenvalue weighted by Crippen LogP contribution is -2.32. The van der Waals surface area contributed by atoms with Gasteiger partial charge in [-0.2, -0.15) is 0 Å². The number of amides is 1. The summed E-state index contributed by atoms with van der Waals surface area (Å²) in [6.45, 7) is 1.83. The van der Waals surface area contributed by atoms with Crippen LogP contribution in [0.25, 0.3) is 0 Å². The summed E-state index contributed by atoms with van der Waals surface area (Å²) in [6.07, 6.45) is 1.34. The molecule has 0 spiro atoms. The maximum atomic E-state index is 12.2. The molecule has 0 N–H and O–H groups in total. The molecule has 1 aromatic carbocycles.